The van der Waals surface area contributed by atoms with E-state index in [2.05, 4.69) is 35.5 Å². The van der Waals surface area contributed by atoms with Crippen LogP contribution in [0, 0.1) is 0 Å². The van der Waals surface area contributed by atoms with Crippen LogP contribution in [0.25, 0.3) is 21.7 Å². The van der Waals surface area contributed by atoms with Gasteiger partial charge in [0.15, 0.2) is 0 Å². The fraction of sp³-hybridized carbons (Fsp3) is 0.167. The molecule has 40 heavy (non-hydrogen) atoms. The molecule has 0 aliphatic carbocycles. The summed E-state index contributed by atoms with van der Waals surface area (Å²) in [4.78, 5) is 26.3. The number of halogens is 1. The molecule has 1 aliphatic heterocycles. The van der Waals surface area contributed by atoms with E-state index in [0.717, 1.165) is 37.5 Å². The maximum absolute atomic E-state index is 13.2. The van der Waals surface area contributed by atoms with Gasteiger partial charge in [0.25, 0.3) is 5.91 Å². The largest absolute Gasteiger partial charge is 0.352 e. The van der Waals surface area contributed by atoms with Gasteiger partial charge < -0.3 is 9.80 Å². The molecule has 4 aromatic carbocycles. The van der Waals surface area contributed by atoms with Crippen molar-refractivity contribution < 1.29 is 13.2 Å². The number of carbonyl (C=O) groups excluding carboxylic acids is 1. The minimum atomic E-state index is -3.68. The highest BCUT2D eigenvalue weighted by molar-refractivity contribution is 9.10. The Labute approximate surface area is 240 Å². The first-order valence-electron chi connectivity index (χ1n) is 12.9. The van der Waals surface area contributed by atoms with Gasteiger partial charge in [-0.3, -0.25) is 4.79 Å². The van der Waals surface area contributed by atoms with Gasteiger partial charge in [0, 0.05) is 48.1 Å². The van der Waals surface area contributed by atoms with Crippen molar-refractivity contribution in [2.45, 2.75) is 11.4 Å². The molecule has 1 amide bonds. The Morgan fingerprint density at radius 2 is 1.60 bits per heavy atom. The molecule has 1 fully saturated rings. The predicted molar refractivity (Wildman–Crippen MR) is 160 cm³/mol. The molecular formula is C30H26BrN5O3S. The lowest BCUT2D eigenvalue weighted by Crippen LogP contribution is -2.49. The van der Waals surface area contributed by atoms with Gasteiger partial charge in [0.2, 0.25) is 10.0 Å². The van der Waals surface area contributed by atoms with Gasteiger partial charge in [-0.05, 0) is 58.8 Å². The summed E-state index contributed by atoms with van der Waals surface area (Å²) in [6, 6.07) is 25.8. The second kappa shape index (κ2) is 11.0. The summed E-state index contributed by atoms with van der Waals surface area (Å²) in [7, 11) is -3.68. The van der Waals surface area contributed by atoms with Crippen molar-refractivity contribution in [2.75, 3.05) is 31.1 Å². The second-order valence-corrected chi connectivity index (χ2v) is 12.4. The van der Waals surface area contributed by atoms with Crippen molar-refractivity contribution in [1.29, 1.82) is 0 Å². The SMILES string of the molecule is O=C(c1ccc(CNS(=O)(=O)c2ccc3ccccc3c2)cc1)N1CCN(c2ncnc3ccc(Br)cc23)CC1. The number of aromatic nitrogens is 2. The van der Waals surface area contributed by atoms with Crippen molar-refractivity contribution in [2.24, 2.45) is 0 Å². The van der Waals surface area contributed by atoms with E-state index in [1.54, 1.807) is 48.8 Å². The molecular weight excluding hydrogens is 590 g/mol. The summed E-state index contributed by atoms with van der Waals surface area (Å²) < 4.78 is 29.4. The molecule has 6 rings (SSSR count). The maximum atomic E-state index is 13.2. The van der Waals surface area contributed by atoms with E-state index in [9.17, 15) is 13.2 Å². The Morgan fingerprint density at radius 3 is 2.38 bits per heavy atom. The lowest BCUT2D eigenvalue weighted by molar-refractivity contribution is 0.0746. The molecule has 0 unspecified atom stereocenters. The summed E-state index contributed by atoms with van der Waals surface area (Å²) in [5.74, 6) is 0.826. The third-order valence-corrected chi connectivity index (χ3v) is 9.03. The number of nitrogens with zero attached hydrogens (tertiary/aromatic N) is 4. The Bertz CT molecular complexity index is 1820. The number of fused-ring (bicyclic) bond motifs is 2. The molecule has 0 atom stereocenters. The number of carbonyl (C=O) groups is 1. The molecule has 0 bridgehead atoms. The van der Waals surface area contributed by atoms with Gasteiger partial charge in [-0.15, -0.1) is 0 Å². The van der Waals surface area contributed by atoms with Crippen LogP contribution in [0.2, 0.25) is 0 Å². The molecule has 1 aromatic heterocycles. The minimum Gasteiger partial charge on any atom is -0.352 e. The summed E-state index contributed by atoms with van der Waals surface area (Å²) in [6.45, 7) is 2.61. The Morgan fingerprint density at radius 1 is 0.850 bits per heavy atom. The van der Waals surface area contributed by atoms with Gasteiger partial charge in [0.05, 0.1) is 10.4 Å². The number of piperazine rings is 1. The van der Waals surface area contributed by atoms with Crippen LogP contribution in [-0.2, 0) is 16.6 Å². The third-order valence-electron chi connectivity index (χ3n) is 7.14. The van der Waals surface area contributed by atoms with E-state index in [0.29, 0.717) is 31.7 Å². The van der Waals surface area contributed by atoms with Crippen LogP contribution < -0.4 is 9.62 Å². The van der Waals surface area contributed by atoms with Crippen LogP contribution in [0.3, 0.4) is 0 Å². The molecule has 2 heterocycles. The fourth-order valence-corrected chi connectivity index (χ4v) is 6.35. The summed E-state index contributed by atoms with van der Waals surface area (Å²) in [5.41, 5.74) is 2.23. The number of hydrogen-bond acceptors (Lipinski definition) is 6. The first-order valence-corrected chi connectivity index (χ1v) is 15.2. The highest BCUT2D eigenvalue weighted by Gasteiger charge is 2.24. The zero-order valence-electron chi connectivity index (χ0n) is 21.5. The van der Waals surface area contributed by atoms with Gasteiger partial charge in [-0.25, -0.2) is 23.1 Å². The smallest absolute Gasteiger partial charge is 0.253 e. The first kappa shape index (κ1) is 26.4. The molecule has 1 saturated heterocycles. The molecule has 5 aromatic rings. The molecule has 8 nitrogen and oxygen atoms in total. The van der Waals surface area contributed by atoms with E-state index in [4.69, 9.17) is 0 Å². The molecule has 1 aliphatic rings. The van der Waals surface area contributed by atoms with E-state index in [1.165, 1.54) is 0 Å². The summed E-state index contributed by atoms with van der Waals surface area (Å²) >= 11 is 3.53. The van der Waals surface area contributed by atoms with Crippen molar-refractivity contribution >= 4 is 59.4 Å². The summed E-state index contributed by atoms with van der Waals surface area (Å²) in [6.07, 6.45) is 1.58. The average Bonchev–Trinajstić information content (AvgIpc) is 2.99. The number of rotatable bonds is 6. The molecule has 0 radical (unpaired) electrons. The zero-order chi connectivity index (χ0) is 27.7. The minimum absolute atomic E-state index is 0.0433. The number of anilines is 1. The Hall–Kier alpha value is -3.86. The topological polar surface area (TPSA) is 95.5 Å². The highest BCUT2D eigenvalue weighted by atomic mass is 79.9. The Kier molecular flexibility index (Phi) is 7.22. The summed E-state index contributed by atoms with van der Waals surface area (Å²) in [5, 5.41) is 2.83. The lowest BCUT2D eigenvalue weighted by Gasteiger charge is -2.35. The lowest BCUT2D eigenvalue weighted by atomic mass is 10.1. The van der Waals surface area contributed by atoms with Crippen LogP contribution in [0.15, 0.2) is 101 Å². The van der Waals surface area contributed by atoms with Crippen LogP contribution in [0.5, 0.6) is 0 Å². The van der Waals surface area contributed by atoms with Crippen LogP contribution in [0.1, 0.15) is 15.9 Å². The van der Waals surface area contributed by atoms with Crippen molar-refractivity contribution in [3.05, 3.63) is 107 Å². The third kappa shape index (κ3) is 5.42. The normalized spacial score (nSPS) is 14.1. The maximum Gasteiger partial charge on any atom is 0.253 e. The van der Waals surface area contributed by atoms with Gasteiger partial charge >= 0.3 is 0 Å². The van der Waals surface area contributed by atoms with E-state index in [-0.39, 0.29) is 17.3 Å². The van der Waals surface area contributed by atoms with Gasteiger partial charge in [0.1, 0.15) is 12.1 Å². The van der Waals surface area contributed by atoms with Crippen LogP contribution in [0.4, 0.5) is 5.82 Å². The monoisotopic (exact) mass is 615 g/mol. The predicted octanol–water partition coefficient (Wildman–Crippen LogP) is 4.99. The van der Waals surface area contributed by atoms with E-state index < -0.39 is 10.0 Å². The quantitative estimate of drug-likeness (QED) is 0.289. The fourth-order valence-electron chi connectivity index (χ4n) is 4.93. The van der Waals surface area contributed by atoms with Crippen molar-refractivity contribution in [1.82, 2.24) is 19.6 Å². The Balaban J connectivity index is 1.07. The first-order chi connectivity index (χ1) is 19.4. The number of nitrogens with one attached hydrogen (secondary N) is 1. The molecule has 0 saturated carbocycles. The average molecular weight is 617 g/mol. The van der Waals surface area contributed by atoms with Crippen LogP contribution in [-0.4, -0.2) is 55.4 Å². The van der Waals surface area contributed by atoms with Crippen molar-refractivity contribution in [3.8, 4) is 0 Å². The van der Waals surface area contributed by atoms with E-state index >= 15 is 0 Å². The highest BCUT2D eigenvalue weighted by Crippen LogP contribution is 2.27. The van der Waals surface area contributed by atoms with Crippen molar-refractivity contribution in [3.63, 3.8) is 0 Å². The molecule has 10 heteroatoms. The van der Waals surface area contributed by atoms with Crippen LogP contribution >= 0.6 is 15.9 Å². The molecule has 1 N–H and O–H groups in total. The number of hydrogen-bond donors (Lipinski definition) is 1. The number of amides is 1. The van der Waals surface area contributed by atoms with Gasteiger partial charge in [-0.1, -0.05) is 58.4 Å². The van der Waals surface area contributed by atoms with E-state index in [1.807, 2.05) is 47.4 Å². The number of sulfonamides is 1. The second-order valence-electron chi connectivity index (χ2n) is 9.67. The number of benzene rings is 4. The zero-order valence-corrected chi connectivity index (χ0v) is 23.9. The standard InChI is InChI=1S/C30H26BrN5O3S/c31-25-10-12-28-27(18-25)29(33-20-32-28)35-13-15-36(16-14-35)30(37)23-7-5-21(6-8-23)19-34-40(38,39)26-11-9-22-3-1-2-4-24(22)17-26/h1-12,17-18,20,34H,13-16,19H2. The molecule has 0 spiro atoms. The molecule has 202 valence electrons. The van der Waals surface area contributed by atoms with Gasteiger partial charge in [-0.2, -0.15) is 0 Å².